The Balaban J connectivity index is 1.61. The fraction of sp³-hybridized carbons (Fsp3) is 0.500. The van der Waals surface area contributed by atoms with E-state index in [2.05, 4.69) is 10.1 Å². The smallest absolute Gasteiger partial charge is 0.257 e. The monoisotopic (exact) mass is 329 g/mol. The highest BCUT2D eigenvalue weighted by atomic mass is 16.5. The van der Waals surface area contributed by atoms with E-state index in [4.69, 9.17) is 9.26 Å². The van der Waals surface area contributed by atoms with Gasteiger partial charge in [-0.2, -0.15) is 4.98 Å². The van der Waals surface area contributed by atoms with Gasteiger partial charge < -0.3 is 14.2 Å². The molecule has 0 saturated carbocycles. The Morgan fingerprint density at radius 3 is 2.79 bits per heavy atom. The number of hydrogen-bond donors (Lipinski definition) is 0. The van der Waals surface area contributed by atoms with Crippen LogP contribution in [0.4, 0.5) is 0 Å². The van der Waals surface area contributed by atoms with Crippen LogP contribution in [0, 0.1) is 11.8 Å². The number of likely N-dealkylation sites (tertiary alicyclic amines) is 1. The molecule has 0 N–H and O–H groups in total. The van der Waals surface area contributed by atoms with Crippen molar-refractivity contribution in [2.75, 3.05) is 20.2 Å². The molecule has 1 aliphatic rings. The van der Waals surface area contributed by atoms with Gasteiger partial charge in [0.15, 0.2) is 5.82 Å². The number of ether oxygens (including phenoxy) is 1. The van der Waals surface area contributed by atoms with E-state index in [-0.39, 0.29) is 11.8 Å². The average molecular weight is 329 g/mol. The van der Waals surface area contributed by atoms with Crippen molar-refractivity contribution in [3.63, 3.8) is 0 Å². The predicted molar refractivity (Wildman–Crippen MR) is 89.5 cm³/mol. The minimum atomic E-state index is 0.0515. The molecule has 1 aliphatic heterocycles. The number of carbonyl (C=O) groups is 1. The molecule has 6 heteroatoms. The summed E-state index contributed by atoms with van der Waals surface area (Å²) in [7, 11) is 1.63. The van der Waals surface area contributed by atoms with Gasteiger partial charge in [-0.15, -0.1) is 0 Å². The minimum Gasteiger partial charge on any atom is -0.497 e. The molecule has 24 heavy (non-hydrogen) atoms. The highest BCUT2D eigenvalue weighted by Gasteiger charge is 2.28. The number of amides is 1. The quantitative estimate of drug-likeness (QED) is 0.844. The molecule has 2 heterocycles. The molecule has 2 aromatic rings. The number of carbonyl (C=O) groups excluding carboxylic acids is 1. The zero-order chi connectivity index (χ0) is 17.1. The van der Waals surface area contributed by atoms with E-state index in [1.54, 1.807) is 7.11 Å². The molecular formula is C18H23N3O3. The van der Waals surface area contributed by atoms with E-state index in [1.807, 2.05) is 43.0 Å². The SMILES string of the molecule is COc1ccc(-c2nc(CC3CCN(C(=O)C(C)C)C3)no2)cc1. The summed E-state index contributed by atoms with van der Waals surface area (Å²) in [6, 6.07) is 7.53. The number of methoxy groups -OCH3 is 1. The van der Waals surface area contributed by atoms with Gasteiger partial charge in [0.1, 0.15) is 5.75 Å². The van der Waals surface area contributed by atoms with Crippen molar-refractivity contribution in [2.24, 2.45) is 11.8 Å². The molecule has 0 bridgehead atoms. The molecule has 1 fully saturated rings. The molecule has 1 aromatic heterocycles. The van der Waals surface area contributed by atoms with Crippen LogP contribution in [0.15, 0.2) is 28.8 Å². The Labute approximate surface area is 141 Å². The zero-order valence-corrected chi connectivity index (χ0v) is 14.4. The predicted octanol–water partition coefficient (Wildman–Crippen LogP) is 2.79. The van der Waals surface area contributed by atoms with Crippen LogP contribution in [0.1, 0.15) is 26.1 Å². The van der Waals surface area contributed by atoms with Crippen LogP contribution in [0.2, 0.25) is 0 Å². The van der Waals surface area contributed by atoms with E-state index in [0.717, 1.165) is 37.2 Å². The second-order valence-corrected chi connectivity index (χ2v) is 6.54. The number of benzene rings is 1. The maximum Gasteiger partial charge on any atom is 0.257 e. The summed E-state index contributed by atoms with van der Waals surface area (Å²) in [5.41, 5.74) is 0.873. The van der Waals surface area contributed by atoms with Crippen LogP contribution in [0.25, 0.3) is 11.5 Å². The second kappa shape index (κ2) is 7.03. The van der Waals surface area contributed by atoms with E-state index in [1.165, 1.54) is 0 Å². The topological polar surface area (TPSA) is 68.5 Å². The Hall–Kier alpha value is -2.37. The maximum absolute atomic E-state index is 12.1. The molecule has 6 nitrogen and oxygen atoms in total. The Morgan fingerprint density at radius 1 is 1.38 bits per heavy atom. The summed E-state index contributed by atoms with van der Waals surface area (Å²) in [6.45, 7) is 5.49. The lowest BCUT2D eigenvalue weighted by Crippen LogP contribution is -2.32. The average Bonchev–Trinajstić information content (AvgIpc) is 3.24. The van der Waals surface area contributed by atoms with Crippen molar-refractivity contribution >= 4 is 5.91 Å². The number of nitrogens with zero attached hydrogens (tertiary/aromatic N) is 3. The van der Waals surface area contributed by atoms with E-state index >= 15 is 0 Å². The first-order valence-electron chi connectivity index (χ1n) is 8.32. The summed E-state index contributed by atoms with van der Waals surface area (Å²) >= 11 is 0. The van der Waals surface area contributed by atoms with Crippen LogP contribution >= 0.6 is 0 Å². The summed E-state index contributed by atoms with van der Waals surface area (Å²) in [6.07, 6.45) is 1.73. The van der Waals surface area contributed by atoms with Crippen molar-refractivity contribution in [1.29, 1.82) is 0 Å². The third kappa shape index (κ3) is 3.58. The van der Waals surface area contributed by atoms with Gasteiger partial charge >= 0.3 is 0 Å². The van der Waals surface area contributed by atoms with Gasteiger partial charge in [-0.3, -0.25) is 4.79 Å². The lowest BCUT2D eigenvalue weighted by Gasteiger charge is -2.18. The summed E-state index contributed by atoms with van der Waals surface area (Å²) in [4.78, 5) is 18.5. The largest absolute Gasteiger partial charge is 0.497 e. The van der Waals surface area contributed by atoms with Crippen molar-refractivity contribution in [3.8, 4) is 17.2 Å². The summed E-state index contributed by atoms with van der Waals surface area (Å²) in [5, 5.41) is 4.08. The summed E-state index contributed by atoms with van der Waals surface area (Å²) < 4.78 is 10.5. The normalized spacial score (nSPS) is 17.5. The van der Waals surface area contributed by atoms with Crippen molar-refractivity contribution in [2.45, 2.75) is 26.7 Å². The molecule has 0 radical (unpaired) electrons. The van der Waals surface area contributed by atoms with Gasteiger partial charge in [-0.05, 0) is 36.6 Å². The highest BCUT2D eigenvalue weighted by Crippen LogP contribution is 2.24. The molecule has 0 aliphatic carbocycles. The molecule has 3 rings (SSSR count). The van der Waals surface area contributed by atoms with E-state index in [9.17, 15) is 4.79 Å². The zero-order valence-electron chi connectivity index (χ0n) is 14.4. The third-order valence-electron chi connectivity index (χ3n) is 4.37. The van der Waals surface area contributed by atoms with Crippen LogP contribution in [-0.4, -0.2) is 41.1 Å². The fourth-order valence-electron chi connectivity index (χ4n) is 3.01. The first-order chi connectivity index (χ1) is 11.6. The third-order valence-corrected chi connectivity index (χ3v) is 4.37. The molecule has 1 saturated heterocycles. The number of rotatable bonds is 5. The molecule has 0 spiro atoms. The van der Waals surface area contributed by atoms with E-state index in [0.29, 0.717) is 17.6 Å². The lowest BCUT2D eigenvalue weighted by molar-refractivity contribution is -0.133. The molecule has 128 valence electrons. The molecular weight excluding hydrogens is 306 g/mol. The minimum absolute atomic E-state index is 0.0515. The van der Waals surface area contributed by atoms with Gasteiger partial charge in [0.25, 0.3) is 5.89 Å². The fourth-order valence-corrected chi connectivity index (χ4v) is 3.01. The van der Waals surface area contributed by atoms with Crippen LogP contribution in [-0.2, 0) is 11.2 Å². The second-order valence-electron chi connectivity index (χ2n) is 6.54. The molecule has 1 amide bonds. The summed E-state index contributed by atoms with van der Waals surface area (Å²) in [5.74, 6) is 2.68. The lowest BCUT2D eigenvalue weighted by atomic mass is 10.0. The number of aromatic nitrogens is 2. The van der Waals surface area contributed by atoms with E-state index < -0.39 is 0 Å². The highest BCUT2D eigenvalue weighted by molar-refractivity contribution is 5.78. The molecule has 1 aromatic carbocycles. The molecule has 1 atom stereocenters. The Kier molecular flexibility index (Phi) is 4.83. The standard InChI is InChI=1S/C18H23N3O3/c1-12(2)18(22)21-9-8-13(11-21)10-16-19-17(24-20-16)14-4-6-15(23-3)7-5-14/h4-7,12-13H,8-11H2,1-3H3. The van der Waals surface area contributed by atoms with Crippen molar-refractivity contribution < 1.29 is 14.1 Å². The van der Waals surface area contributed by atoms with Crippen molar-refractivity contribution in [3.05, 3.63) is 30.1 Å². The molecule has 1 unspecified atom stereocenters. The Bertz CT molecular complexity index is 694. The Morgan fingerprint density at radius 2 is 2.12 bits per heavy atom. The van der Waals surface area contributed by atoms with Gasteiger partial charge in [-0.25, -0.2) is 0 Å². The van der Waals surface area contributed by atoms with Gasteiger partial charge in [0, 0.05) is 31.0 Å². The van der Waals surface area contributed by atoms with Crippen LogP contribution < -0.4 is 4.74 Å². The van der Waals surface area contributed by atoms with Gasteiger partial charge in [-0.1, -0.05) is 19.0 Å². The number of hydrogen-bond acceptors (Lipinski definition) is 5. The van der Waals surface area contributed by atoms with Gasteiger partial charge in [0.2, 0.25) is 5.91 Å². The maximum atomic E-state index is 12.1. The van der Waals surface area contributed by atoms with Crippen molar-refractivity contribution in [1.82, 2.24) is 15.0 Å². The van der Waals surface area contributed by atoms with Crippen LogP contribution in [0.3, 0.4) is 0 Å². The first-order valence-corrected chi connectivity index (χ1v) is 8.32. The van der Waals surface area contributed by atoms with Gasteiger partial charge in [0.05, 0.1) is 7.11 Å². The first kappa shape index (κ1) is 16.5. The van der Waals surface area contributed by atoms with Crippen LogP contribution in [0.5, 0.6) is 5.75 Å².